The van der Waals surface area contributed by atoms with Gasteiger partial charge in [-0.05, 0) is 25.0 Å². The van der Waals surface area contributed by atoms with Crippen molar-refractivity contribution in [2.45, 2.75) is 38.6 Å². The Morgan fingerprint density at radius 2 is 2.26 bits per heavy atom. The topological polar surface area (TPSA) is 46.3 Å². The Hall–Kier alpha value is -1.88. The van der Waals surface area contributed by atoms with Crippen LogP contribution in [0.3, 0.4) is 0 Å². The summed E-state index contributed by atoms with van der Waals surface area (Å²) in [6.45, 7) is 4.58. The zero-order valence-electron chi connectivity index (χ0n) is 13.1. The Morgan fingerprint density at radius 3 is 2.91 bits per heavy atom. The molecular formula is C17H18ClFN2O2. The second kappa shape index (κ2) is 6.32. The van der Waals surface area contributed by atoms with E-state index in [4.69, 9.17) is 16.1 Å². The van der Waals surface area contributed by atoms with Crippen molar-refractivity contribution in [2.24, 2.45) is 0 Å². The lowest BCUT2D eigenvalue weighted by molar-refractivity contribution is 0.0726. The average Bonchev–Trinajstić information content (AvgIpc) is 3.15. The highest BCUT2D eigenvalue weighted by Gasteiger charge is 2.34. The molecule has 0 N–H and O–H groups in total. The van der Waals surface area contributed by atoms with E-state index in [0.717, 1.165) is 18.6 Å². The van der Waals surface area contributed by atoms with Crippen molar-refractivity contribution in [3.05, 3.63) is 52.1 Å². The molecule has 1 aromatic carbocycles. The Labute approximate surface area is 139 Å². The molecule has 3 rings (SSSR count). The summed E-state index contributed by atoms with van der Waals surface area (Å²) in [6, 6.07) is 5.94. The minimum Gasteiger partial charge on any atom is -0.361 e. The fourth-order valence-electron chi connectivity index (χ4n) is 2.90. The molecule has 1 aliphatic rings. The zero-order chi connectivity index (χ0) is 16.6. The number of likely N-dealkylation sites (tertiary alicyclic amines) is 1. The number of amides is 1. The molecule has 4 nitrogen and oxygen atoms in total. The van der Waals surface area contributed by atoms with E-state index in [9.17, 15) is 9.18 Å². The van der Waals surface area contributed by atoms with Crippen molar-refractivity contribution in [1.82, 2.24) is 10.1 Å². The first-order valence-corrected chi connectivity index (χ1v) is 8.08. The van der Waals surface area contributed by atoms with Gasteiger partial charge in [-0.1, -0.05) is 36.7 Å². The van der Waals surface area contributed by atoms with Crippen molar-refractivity contribution in [1.29, 1.82) is 0 Å². The van der Waals surface area contributed by atoms with Gasteiger partial charge in [0.15, 0.2) is 0 Å². The molecule has 1 aliphatic heterocycles. The van der Waals surface area contributed by atoms with Gasteiger partial charge in [-0.25, -0.2) is 4.39 Å². The summed E-state index contributed by atoms with van der Waals surface area (Å²) in [4.78, 5) is 14.4. The summed E-state index contributed by atoms with van der Waals surface area (Å²) in [6.07, 6.45) is 1.62. The predicted octanol–water partition coefficient (Wildman–Crippen LogP) is 4.57. The first-order valence-electron chi connectivity index (χ1n) is 7.70. The minimum absolute atomic E-state index is 0.0753. The average molecular weight is 337 g/mol. The van der Waals surface area contributed by atoms with Crippen molar-refractivity contribution in [3.63, 3.8) is 0 Å². The van der Waals surface area contributed by atoms with E-state index < -0.39 is 11.7 Å². The monoisotopic (exact) mass is 336 g/mol. The Bertz CT molecular complexity index is 709. The number of halogens is 2. The molecule has 0 spiro atoms. The van der Waals surface area contributed by atoms with Crippen LogP contribution in [0.15, 0.2) is 28.8 Å². The second-order valence-electron chi connectivity index (χ2n) is 6.06. The molecule has 1 fully saturated rings. The summed E-state index contributed by atoms with van der Waals surface area (Å²) in [5, 5.41) is 4.22. The molecule has 0 saturated carbocycles. The van der Waals surface area contributed by atoms with E-state index in [0.29, 0.717) is 12.2 Å². The molecule has 1 amide bonds. The first-order chi connectivity index (χ1) is 11.0. The number of benzene rings is 1. The third kappa shape index (κ3) is 2.98. The third-order valence-corrected chi connectivity index (χ3v) is 4.46. The van der Waals surface area contributed by atoms with Gasteiger partial charge >= 0.3 is 0 Å². The summed E-state index contributed by atoms with van der Waals surface area (Å²) >= 11 is 6.02. The maximum absolute atomic E-state index is 14.0. The lowest BCUT2D eigenvalue weighted by Gasteiger charge is -2.23. The van der Waals surface area contributed by atoms with Crippen molar-refractivity contribution < 1.29 is 13.7 Å². The summed E-state index contributed by atoms with van der Waals surface area (Å²) in [7, 11) is 0. The predicted molar refractivity (Wildman–Crippen MR) is 85.0 cm³/mol. The molecule has 0 aliphatic carbocycles. The van der Waals surface area contributed by atoms with Crippen LogP contribution in [-0.2, 0) is 0 Å². The smallest absolute Gasteiger partial charge is 0.258 e. The number of hydrogen-bond acceptors (Lipinski definition) is 3. The van der Waals surface area contributed by atoms with Crippen molar-refractivity contribution in [2.75, 3.05) is 6.54 Å². The maximum atomic E-state index is 14.0. The molecule has 122 valence electrons. The van der Waals surface area contributed by atoms with E-state index in [1.54, 1.807) is 4.90 Å². The zero-order valence-corrected chi connectivity index (χ0v) is 13.8. The van der Waals surface area contributed by atoms with Gasteiger partial charge < -0.3 is 9.42 Å². The molecule has 1 saturated heterocycles. The Morgan fingerprint density at radius 1 is 1.48 bits per heavy atom. The standard InChI is InChI=1S/C17H18ClFN2O2/c1-10(2)15-9-13(20-23-15)14-7-4-8-21(14)17(22)16-11(18)5-3-6-12(16)19/h3,5-6,9-10,14H,4,7-8H2,1-2H3/t14-/m0/s1. The summed E-state index contributed by atoms with van der Waals surface area (Å²) in [5.41, 5.74) is 0.639. The van der Waals surface area contributed by atoms with E-state index in [1.165, 1.54) is 18.2 Å². The van der Waals surface area contributed by atoms with Crippen molar-refractivity contribution >= 4 is 17.5 Å². The molecule has 2 aromatic rings. The fourth-order valence-corrected chi connectivity index (χ4v) is 3.14. The highest BCUT2D eigenvalue weighted by atomic mass is 35.5. The third-order valence-electron chi connectivity index (χ3n) is 4.15. The van der Waals surface area contributed by atoms with Crippen LogP contribution in [0.2, 0.25) is 5.02 Å². The minimum atomic E-state index is -0.601. The molecular weight excluding hydrogens is 319 g/mol. The van der Waals surface area contributed by atoms with E-state index in [1.807, 2.05) is 19.9 Å². The van der Waals surface area contributed by atoms with Gasteiger partial charge in [0, 0.05) is 18.5 Å². The van der Waals surface area contributed by atoms with Gasteiger partial charge in [-0.3, -0.25) is 4.79 Å². The van der Waals surface area contributed by atoms with E-state index in [-0.39, 0.29) is 22.5 Å². The number of carbonyl (C=O) groups is 1. The number of rotatable bonds is 3. The van der Waals surface area contributed by atoms with Gasteiger partial charge in [0.2, 0.25) is 0 Å². The Balaban J connectivity index is 1.90. The van der Waals surface area contributed by atoms with Gasteiger partial charge in [0.1, 0.15) is 17.3 Å². The lowest BCUT2D eigenvalue weighted by Crippen LogP contribution is -2.31. The van der Waals surface area contributed by atoms with Crippen molar-refractivity contribution in [3.8, 4) is 0 Å². The van der Waals surface area contributed by atoms with E-state index >= 15 is 0 Å². The van der Waals surface area contributed by atoms with Gasteiger partial charge in [0.25, 0.3) is 5.91 Å². The number of carbonyl (C=O) groups excluding carboxylic acids is 1. The van der Waals surface area contributed by atoms with Crippen LogP contribution in [0.1, 0.15) is 60.5 Å². The van der Waals surface area contributed by atoms with Crippen LogP contribution < -0.4 is 0 Å². The van der Waals surface area contributed by atoms with Crippen LogP contribution >= 0.6 is 11.6 Å². The quantitative estimate of drug-likeness (QED) is 0.825. The molecule has 1 atom stereocenters. The second-order valence-corrected chi connectivity index (χ2v) is 6.47. The highest BCUT2D eigenvalue weighted by Crippen LogP contribution is 2.35. The van der Waals surface area contributed by atoms with E-state index in [2.05, 4.69) is 5.16 Å². The van der Waals surface area contributed by atoms with Gasteiger partial charge in [0.05, 0.1) is 16.6 Å². The molecule has 1 aromatic heterocycles. The molecule has 23 heavy (non-hydrogen) atoms. The van der Waals surface area contributed by atoms with Crippen LogP contribution in [0.25, 0.3) is 0 Å². The van der Waals surface area contributed by atoms with Crippen LogP contribution in [0.5, 0.6) is 0 Å². The Kier molecular flexibility index (Phi) is 4.39. The molecule has 0 unspecified atom stereocenters. The normalized spacial score (nSPS) is 18.0. The molecule has 0 bridgehead atoms. The number of aromatic nitrogens is 1. The van der Waals surface area contributed by atoms with Crippen LogP contribution in [0, 0.1) is 5.82 Å². The SMILES string of the molecule is CC(C)c1cc([C@@H]2CCCN2C(=O)c2c(F)cccc2Cl)no1. The van der Waals surface area contributed by atoms with Crippen LogP contribution in [-0.4, -0.2) is 22.5 Å². The van der Waals surface area contributed by atoms with Gasteiger partial charge in [-0.15, -0.1) is 0 Å². The molecule has 2 heterocycles. The molecule has 6 heteroatoms. The highest BCUT2D eigenvalue weighted by molar-refractivity contribution is 6.33. The first kappa shape index (κ1) is 16.0. The fraction of sp³-hybridized carbons (Fsp3) is 0.412. The number of nitrogens with zero attached hydrogens (tertiary/aromatic N) is 2. The largest absolute Gasteiger partial charge is 0.361 e. The lowest BCUT2D eigenvalue weighted by atomic mass is 10.1. The number of hydrogen-bond donors (Lipinski definition) is 0. The van der Waals surface area contributed by atoms with Crippen LogP contribution in [0.4, 0.5) is 4.39 Å². The summed E-state index contributed by atoms with van der Waals surface area (Å²) in [5.74, 6) is 0.00640. The van der Waals surface area contributed by atoms with Gasteiger partial charge in [-0.2, -0.15) is 0 Å². The molecule has 0 radical (unpaired) electrons. The summed E-state index contributed by atoms with van der Waals surface area (Å²) < 4.78 is 19.4. The maximum Gasteiger partial charge on any atom is 0.258 e.